The Labute approximate surface area is 101 Å². The summed E-state index contributed by atoms with van der Waals surface area (Å²) in [4.78, 5) is 4.76. The lowest BCUT2D eigenvalue weighted by molar-refractivity contribution is 0.580. The van der Waals surface area contributed by atoms with Crippen LogP contribution in [0, 0.1) is 0 Å². The van der Waals surface area contributed by atoms with Crippen LogP contribution >= 0.6 is 0 Å². The molecule has 1 aliphatic rings. The number of nitrogens with zero attached hydrogens (tertiary/aromatic N) is 2. The molecule has 3 rings (SSSR count). The van der Waals surface area contributed by atoms with Crippen LogP contribution in [0.4, 0.5) is 0 Å². The molecule has 3 heteroatoms. The van der Waals surface area contributed by atoms with Crippen molar-refractivity contribution >= 4 is 0 Å². The molecule has 1 atom stereocenters. The third kappa shape index (κ3) is 1.98. The van der Waals surface area contributed by atoms with Crippen molar-refractivity contribution in [2.24, 2.45) is 7.05 Å². The second-order valence-corrected chi connectivity index (χ2v) is 4.61. The fourth-order valence-electron chi connectivity index (χ4n) is 2.46. The summed E-state index contributed by atoms with van der Waals surface area (Å²) < 4.78 is 2.14. The lowest BCUT2D eigenvalue weighted by atomic mass is 10.2. The number of aryl methyl sites for hydroxylation is 1. The van der Waals surface area contributed by atoms with E-state index in [1.807, 2.05) is 6.07 Å². The highest BCUT2D eigenvalue weighted by Gasteiger charge is 2.21. The monoisotopic (exact) mass is 227 g/mol. The molecule has 1 saturated heterocycles. The minimum absolute atomic E-state index is 0.428. The lowest BCUT2D eigenvalue weighted by Crippen LogP contribution is -2.16. The zero-order valence-electron chi connectivity index (χ0n) is 10.1. The van der Waals surface area contributed by atoms with Crippen molar-refractivity contribution in [2.45, 2.75) is 18.9 Å². The molecule has 1 fully saturated rings. The number of hydrogen-bond donors (Lipinski definition) is 1. The topological polar surface area (TPSA) is 29.9 Å². The Kier molecular flexibility index (Phi) is 2.69. The predicted octanol–water partition coefficient (Wildman–Crippen LogP) is 2.51. The van der Waals surface area contributed by atoms with Gasteiger partial charge in [0.2, 0.25) is 0 Å². The number of aromatic nitrogens is 2. The highest BCUT2D eigenvalue weighted by atomic mass is 15.1. The molecule has 88 valence electrons. The number of nitrogens with one attached hydrogen (secondary N) is 1. The largest absolute Gasteiger partial charge is 0.336 e. The predicted molar refractivity (Wildman–Crippen MR) is 68.6 cm³/mol. The fourth-order valence-corrected chi connectivity index (χ4v) is 2.46. The maximum absolute atomic E-state index is 4.76. The Balaban J connectivity index is 1.95. The van der Waals surface area contributed by atoms with Crippen molar-refractivity contribution in [3.63, 3.8) is 0 Å². The van der Waals surface area contributed by atoms with E-state index in [9.17, 15) is 0 Å². The molecule has 1 aliphatic heterocycles. The van der Waals surface area contributed by atoms with Gasteiger partial charge in [-0.05, 0) is 19.4 Å². The van der Waals surface area contributed by atoms with Gasteiger partial charge >= 0.3 is 0 Å². The SMILES string of the molecule is Cn1cc(-c2ccccc2)nc1[C@@H]1CCCN1. The van der Waals surface area contributed by atoms with Crippen molar-refractivity contribution in [3.8, 4) is 11.3 Å². The fraction of sp³-hybridized carbons (Fsp3) is 0.357. The van der Waals surface area contributed by atoms with Crippen molar-refractivity contribution in [2.75, 3.05) is 6.54 Å². The van der Waals surface area contributed by atoms with Gasteiger partial charge in [-0.15, -0.1) is 0 Å². The summed E-state index contributed by atoms with van der Waals surface area (Å²) in [6.45, 7) is 1.11. The first-order valence-corrected chi connectivity index (χ1v) is 6.16. The Hall–Kier alpha value is -1.61. The molecule has 0 radical (unpaired) electrons. The summed E-state index contributed by atoms with van der Waals surface area (Å²) >= 11 is 0. The molecule has 1 aromatic heterocycles. The normalized spacial score (nSPS) is 19.7. The number of imidazole rings is 1. The van der Waals surface area contributed by atoms with E-state index < -0.39 is 0 Å². The molecule has 0 aliphatic carbocycles. The third-order valence-electron chi connectivity index (χ3n) is 3.35. The van der Waals surface area contributed by atoms with Gasteiger partial charge in [0.25, 0.3) is 0 Å². The average molecular weight is 227 g/mol. The van der Waals surface area contributed by atoms with Gasteiger partial charge in [0.15, 0.2) is 0 Å². The van der Waals surface area contributed by atoms with E-state index in [0.717, 1.165) is 18.1 Å². The van der Waals surface area contributed by atoms with Crippen LogP contribution in [0.2, 0.25) is 0 Å². The number of hydrogen-bond acceptors (Lipinski definition) is 2. The Morgan fingerprint density at radius 3 is 2.82 bits per heavy atom. The van der Waals surface area contributed by atoms with E-state index in [2.05, 4.69) is 47.4 Å². The molecule has 0 saturated carbocycles. The Morgan fingerprint density at radius 2 is 2.12 bits per heavy atom. The average Bonchev–Trinajstić information content (AvgIpc) is 2.99. The van der Waals surface area contributed by atoms with E-state index in [0.29, 0.717) is 6.04 Å². The van der Waals surface area contributed by atoms with Crippen molar-refractivity contribution in [1.29, 1.82) is 0 Å². The van der Waals surface area contributed by atoms with Crippen LogP contribution in [0.1, 0.15) is 24.7 Å². The van der Waals surface area contributed by atoms with Crippen molar-refractivity contribution < 1.29 is 0 Å². The second kappa shape index (κ2) is 4.34. The van der Waals surface area contributed by atoms with Gasteiger partial charge in [-0.2, -0.15) is 0 Å². The van der Waals surface area contributed by atoms with E-state index >= 15 is 0 Å². The van der Waals surface area contributed by atoms with Crippen molar-refractivity contribution in [1.82, 2.24) is 14.9 Å². The van der Waals surface area contributed by atoms with Crippen LogP contribution in [0.5, 0.6) is 0 Å². The minimum Gasteiger partial charge on any atom is -0.336 e. The molecule has 2 heterocycles. The summed E-state index contributed by atoms with van der Waals surface area (Å²) in [6, 6.07) is 10.8. The highest BCUT2D eigenvalue weighted by Crippen LogP contribution is 2.25. The first kappa shape index (κ1) is 10.5. The summed E-state index contributed by atoms with van der Waals surface area (Å²) in [6.07, 6.45) is 4.56. The zero-order valence-corrected chi connectivity index (χ0v) is 10.1. The van der Waals surface area contributed by atoms with Crippen LogP contribution in [-0.4, -0.2) is 16.1 Å². The molecule has 0 amide bonds. The zero-order chi connectivity index (χ0) is 11.7. The van der Waals surface area contributed by atoms with Gasteiger partial charge in [-0.3, -0.25) is 0 Å². The van der Waals surface area contributed by atoms with Crippen LogP contribution in [-0.2, 0) is 7.05 Å². The molecule has 3 nitrogen and oxygen atoms in total. The van der Waals surface area contributed by atoms with Gasteiger partial charge in [0, 0.05) is 18.8 Å². The smallest absolute Gasteiger partial charge is 0.126 e. The van der Waals surface area contributed by atoms with Crippen LogP contribution in [0.25, 0.3) is 11.3 Å². The summed E-state index contributed by atoms with van der Waals surface area (Å²) in [7, 11) is 2.08. The standard InChI is InChI=1S/C14H17N3/c1-17-10-13(11-6-3-2-4-7-11)16-14(17)12-8-5-9-15-12/h2-4,6-7,10,12,15H,5,8-9H2,1H3/t12-/m0/s1. The Morgan fingerprint density at radius 1 is 1.29 bits per heavy atom. The number of benzene rings is 1. The van der Waals surface area contributed by atoms with E-state index in [4.69, 9.17) is 4.98 Å². The number of rotatable bonds is 2. The molecule has 1 N–H and O–H groups in total. The van der Waals surface area contributed by atoms with Gasteiger partial charge < -0.3 is 9.88 Å². The van der Waals surface area contributed by atoms with E-state index in [1.165, 1.54) is 18.4 Å². The molecule has 17 heavy (non-hydrogen) atoms. The highest BCUT2D eigenvalue weighted by molar-refractivity contribution is 5.58. The first-order valence-electron chi connectivity index (χ1n) is 6.16. The van der Waals surface area contributed by atoms with E-state index in [1.54, 1.807) is 0 Å². The van der Waals surface area contributed by atoms with Crippen LogP contribution in [0.3, 0.4) is 0 Å². The van der Waals surface area contributed by atoms with Gasteiger partial charge in [-0.25, -0.2) is 4.98 Å². The molecule has 1 aromatic carbocycles. The summed E-state index contributed by atoms with van der Waals surface area (Å²) in [5.74, 6) is 1.15. The summed E-state index contributed by atoms with van der Waals surface area (Å²) in [5, 5.41) is 3.50. The van der Waals surface area contributed by atoms with Gasteiger partial charge in [0.1, 0.15) is 5.82 Å². The lowest BCUT2D eigenvalue weighted by Gasteiger charge is -2.08. The van der Waals surface area contributed by atoms with Crippen LogP contribution in [0.15, 0.2) is 36.5 Å². The second-order valence-electron chi connectivity index (χ2n) is 4.61. The van der Waals surface area contributed by atoms with Crippen molar-refractivity contribution in [3.05, 3.63) is 42.4 Å². The third-order valence-corrected chi connectivity index (χ3v) is 3.35. The van der Waals surface area contributed by atoms with Gasteiger partial charge in [0.05, 0.1) is 11.7 Å². The molecule has 0 spiro atoms. The first-order chi connectivity index (χ1) is 8.34. The molecule has 2 aromatic rings. The Bertz CT molecular complexity index is 495. The quantitative estimate of drug-likeness (QED) is 0.854. The molecular weight excluding hydrogens is 210 g/mol. The maximum atomic E-state index is 4.76. The van der Waals surface area contributed by atoms with Gasteiger partial charge in [-0.1, -0.05) is 30.3 Å². The van der Waals surface area contributed by atoms with Crippen LogP contribution < -0.4 is 5.32 Å². The maximum Gasteiger partial charge on any atom is 0.126 e. The molecule has 0 unspecified atom stereocenters. The minimum atomic E-state index is 0.428. The molecular formula is C14H17N3. The molecule has 0 bridgehead atoms. The summed E-state index contributed by atoms with van der Waals surface area (Å²) in [5.41, 5.74) is 2.25. The van der Waals surface area contributed by atoms with E-state index in [-0.39, 0.29) is 0 Å².